The second-order valence-corrected chi connectivity index (χ2v) is 8.02. The van der Waals surface area contributed by atoms with E-state index in [9.17, 15) is 4.79 Å². The van der Waals surface area contributed by atoms with Crippen LogP contribution in [0.4, 0.5) is 0 Å². The Bertz CT molecular complexity index is 851. The Labute approximate surface area is 176 Å². The molecule has 2 aromatic rings. The Morgan fingerprint density at radius 2 is 1.72 bits per heavy atom. The molecule has 2 aliphatic heterocycles. The molecule has 1 amide bonds. The average Bonchev–Trinajstić information content (AvgIpc) is 3.18. The lowest BCUT2D eigenvalue weighted by atomic mass is 10.1. The zero-order valence-electron chi connectivity index (χ0n) is 16.6. The van der Waals surface area contributed by atoms with Crippen molar-refractivity contribution >= 4 is 17.5 Å². The van der Waals surface area contributed by atoms with Gasteiger partial charge in [-0.25, -0.2) is 0 Å². The van der Waals surface area contributed by atoms with E-state index in [1.807, 2.05) is 37.3 Å². The number of hydrogen-bond donors (Lipinski definition) is 1. The molecule has 2 heterocycles. The fourth-order valence-corrected chi connectivity index (χ4v) is 3.85. The molecule has 2 aromatic carbocycles. The first kappa shape index (κ1) is 20.0. The third kappa shape index (κ3) is 5.21. The molecule has 0 spiro atoms. The molecule has 1 N–H and O–H groups in total. The number of piperazine rings is 1. The van der Waals surface area contributed by atoms with E-state index in [2.05, 4.69) is 27.2 Å². The summed E-state index contributed by atoms with van der Waals surface area (Å²) in [5, 5.41) is 3.77. The largest absolute Gasteiger partial charge is 0.454 e. The number of halogens is 1. The number of carbonyl (C=O) groups is 1. The number of rotatable bonds is 6. The first-order valence-corrected chi connectivity index (χ1v) is 10.3. The average molecular weight is 416 g/mol. The van der Waals surface area contributed by atoms with E-state index in [1.54, 1.807) is 0 Å². The lowest BCUT2D eigenvalue weighted by Gasteiger charge is -2.34. The molecule has 1 fully saturated rings. The molecule has 0 bridgehead atoms. The van der Waals surface area contributed by atoms with Crippen LogP contribution in [0.15, 0.2) is 42.5 Å². The molecule has 4 rings (SSSR count). The SMILES string of the molecule is C[C@@H](NC(=O)CN1CCN(Cc2ccc3c(c2)OCO3)CC1)c1ccc(Cl)cc1. The van der Waals surface area contributed by atoms with Gasteiger partial charge in [0.25, 0.3) is 0 Å². The van der Waals surface area contributed by atoms with Crippen LogP contribution >= 0.6 is 11.6 Å². The van der Waals surface area contributed by atoms with Crippen molar-refractivity contribution in [2.75, 3.05) is 39.5 Å². The molecule has 1 atom stereocenters. The van der Waals surface area contributed by atoms with Gasteiger partial charge in [-0.2, -0.15) is 0 Å². The predicted octanol–water partition coefficient (Wildman–Crippen LogP) is 3.06. The van der Waals surface area contributed by atoms with Gasteiger partial charge in [-0.3, -0.25) is 14.6 Å². The Kier molecular flexibility index (Phi) is 6.23. The molecule has 0 radical (unpaired) electrons. The Balaban J connectivity index is 1.21. The molecule has 154 valence electrons. The summed E-state index contributed by atoms with van der Waals surface area (Å²) in [6, 6.07) is 13.7. The lowest BCUT2D eigenvalue weighted by molar-refractivity contribution is -0.123. The minimum absolute atomic E-state index is 0.0351. The summed E-state index contributed by atoms with van der Waals surface area (Å²) in [7, 11) is 0. The summed E-state index contributed by atoms with van der Waals surface area (Å²) in [4.78, 5) is 17.0. The molecule has 0 unspecified atom stereocenters. The van der Waals surface area contributed by atoms with Crippen LogP contribution in [-0.2, 0) is 11.3 Å². The van der Waals surface area contributed by atoms with Gasteiger partial charge in [0.2, 0.25) is 12.7 Å². The van der Waals surface area contributed by atoms with E-state index in [-0.39, 0.29) is 11.9 Å². The van der Waals surface area contributed by atoms with Gasteiger partial charge in [0.05, 0.1) is 12.6 Å². The van der Waals surface area contributed by atoms with Crippen molar-refractivity contribution in [3.63, 3.8) is 0 Å². The number of fused-ring (bicyclic) bond motifs is 1. The molecule has 6 nitrogen and oxygen atoms in total. The molecule has 29 heavy (non-hydrogen) atoms. The fourth-order valence-electron chi connectivity index (χ4n) is 3.73. The van der Waals surface area contributed by atoms with Crippen LogP contribution in [0, 0.1) is 0 Å². The number of benzene rings is 2. The van der Waals surface area contributed by atoms with Crippen LogP contribution in [0.2, 0.25) is 5.02 Å². The van der Waals surface area contributed by atoms with Crippen LogP contribution in [0.5, 0.6) is 11.5 Å². The number of nitrogens with zero attached hydrogens (tertiary/aromatic N) is 2. The zero-order valence-corrected chi connectivity index (χ0v) is 17.3. The maximum atomic E-state index is 12.4. The third-order valence-electron chi connectivity index (χ3n) is 5.42. The number of hydrogen-bond acceptors (Lipinski definition) is 5. The molecule has 7 heteroatoms. The third-order valence-corrected chi connectivity index (χ3v) is 5.67. The zero-order chi connectivity index (χ0) is 20.2. The van der Waals surface area contributed by atoms with Crippen LogP contribution in [0.3, 0.4) is 0 Å². The van der Waals surface area contributed by atoms with Gasteiger partial charge in [0.1, 0.15) is 0 Å². The fraction of sp³-hybridized carbons (Fsp3) is 0.409. The van der Waals surface area contributed by atoms with Crippen LogP contribution in [0.1, 0.15) is 24.1 Å². The molecular formula is C22H26ClN3O3. The first-order valence-electron chi connectivity index (χ1n) is 9.95. The van der Waals surface area contributed by atoms with Crippen LogP contribution in [-0.4, -0.2) is 55.2 Å². The van der Waals surface area contributed by atoms with E-state index < -0.39 is 0 Å². The van der Waals surface area contributed by atoms with Gasteiger partial charge >= 0.3 is 0 Å². The topological polar surface area (TPSA) is 54.0 Å². The van der Waals surface area contributed by atoms with Crippen molar-refractivity contribution in [1.82, 2.24) is 15.1 Å². The van der Waals surface area contributed by atoms with Crippen molar-refractivity contribution in [3.05, 3.63) is 58.6 Å². The summed E-state index contributed by atoms with van der Waals surface area (Å²) >= 11 is 5.93. The first-order chi connectivity index (χ1) is 14.1. The van der Waals surface area contributed by atoms with Crippen molar-refractivity contribution in [3.8, 4) is 11.5 Å². The molecule has 0 aromatic heterocycles. The Morgan fingerprint density at radius 3 is 2.48 bits per heavy atom. The quantitative estimate of drug-likeness (QED) is 0.785. The maximum absolute atomic E-state index is 12.4. The van der Waals surface area contributed by atoms with E-state index in [1.165, 1.54) is 5.56 Å². The predicted molar refractivity (Wildman–Crippen MR) is 112 cm³/mol. The van der Waals surface area contributed by atoms with Crippen molar-refractivity contribution in [2.24, 2.45) is 0 Å². The second kappa shape index (κ2) is 9.03. The second-order valence-electron chi connectivity index (χ2n) is 7.58. The van der Waals surface area contributed by atoms with Gasteiger partial charge in [0, 0.05) is 37.7 Å². The summed E-state index contributed by atoms with van der Waals surface area (Å²) in [6.07, 6.45) is 0. The van der Waals surface area contributed by atoms with E-state index in [0.29, 0.717) is 18.4 Å². The summed E-state index contributed by atoms with van der Waals surface area (Å²) in [5.41, 5.74) is 2.27. The Morgan fingerprint density at radius 1 is 1.03 bits per heavy atom. The van der Waals surface area contributed by atoms with Crippen molar-refractivity contribution in [1.29, 1.82) is 0 Å². The van der Waals surface area contributed by atoms with Crippen molar-refractivity contribution in [2.45, 2.75) is 19.5 Å². The van der Waals surface area contributed by atoms with Gasteiger partial charge in [-0.05, 0) is 42.3 Å². The van der Waals surface area contributed by atoms with Gasteiger partial charge < -0.3 is 14.8 Å². The smallest absolute Gasteiger partial charge is 0.234 e. The van der Waals surface area contributed by atoms with Gasteiger partial charge in [-0.1, -0.05) is 29.8 Å². The minimum Gasteiger partial charge on any atom is -0.454 e. The van der Waals surface area contributed by atoms with Gasteiger partial charge in [-0.15, -0.1) is 0 Å². The van der Waals surface area contributed by atoms with Gasteiger partial charge in [0.15, 0.2) is 11.5 Å². The minimum atomic E-state index is -0.0351. The van der Waals surface area contributed by atoms with E-state index in [0.717, 1.165) is 49.8 Å². The molecule has 2 aliphatic rings. The van der Waals surface area contributed by atoms with Crippen LogP contribution in [0.25, 0.3) is 0 Å². The normalized spacial score (nSPS) is 17.9. The standard InChI is InChI=1S/C22H26ClN3O3/c1-16(18-3-5-19(23)6-4-18)24-22(27)14-26-10-8-25(9-11-26)13-17-2-7-20-21(12-17)29-15-28-20/h2-7,12,16H,8-11,13-15H2,1H3,(H,24,27)/t16-/m1/s1. The Hall–Kier alpha value is -2.28. The summed E-state index contributed by atoms with van der Waals surface area (Å²) in [5.74, 6) is 1.70. The highest BCUT2D eigenvalue weighted by Crippen LogP contribution is 2.32. The highest BCUT2D eigenvalue weighted by molar-refractivity contribution is 6.30. The molecular weight excluding hydrogens is 390 g/mol. The maximum Gasteiger partial charge on any atom is 0.234 e. The lowest BCUT2D eigenvalue weighted by Crippen LogP contribution is -2.49. The summed E-state index contributed by atoms with van der Waals surface area (Å²) < 4.78 is 10.8. The monoisotopic (exact) mass is 415 g/mol. The van der Waals surface area contributed by atoms with E-state index >= 15 is 0 Å². The number of carbonyl (C=O) groups excluding carboxylic acids is 1. The van der Waals surface area contributed by atoms with E-state index in [4.69, 9.17) is 21.1 Å². The van der Waals surface area contributed by atoms with Crippen molar-refractivity contribution < 1.29 is 14.3 Å². The summed E-state index contributed by atoms with van der Waals surface area (Å²) in [6.45, 7) is 7.24. The number of nitrogens with one attached hydrogen (secondary N) is 1. The number of amides is 1. The van der Waals surface area contributed by atoms with Crippen LogP contribution < -0.4 is 14.8 Å². The molecule has 0 saturated carbocycles. The highest BCUT2D eigenvalue weighted by Gasteiger charge is 2.21. The molecule has 1 saturated heterocycles. The number of ether oxygens (including phenoxy) is 2. The molecule has 0 aliphatic carbocycles. The highest BCUT2D eigenvalue weighted by atomic mass is 35.5.